The summed E-state index contributed by atoms with van der Waals surface area (Å²) in [7, 11) is 0. The Morgan fingerprint density at radius 3 is 1.36 bits per heavy atom. The molecule has 0 aliphatic rings. The van der Waals surface area contributed by atoms with Gasteiger partial charge in [0, 0.05) is 12.8 Å². The van der Waals surface area contributed by atoms with E-state index in [-0.39, 0.29) is 12.8 Å². The molecule has 0 atom stereocenters. The Morgan fingerprint density at radius 1 is 1.09 bits per heavy atom. The smallest absolute Gasteiger partial charge is 0.217 e. The predicted molar refractivity (Wildman–Crippen MR) is 38.1 cm³/mol. The van der Waals surface area contributed by atoms with Crippen LogP contribution in [0.15, 0.2) is 0 Å². The Kier molecular flexibility index (Phi) is 9.11. The maximum atomic E-state index is 9.92. The molecule has 0 aromatic heterocycles. The lowest BCUT2D eigenvalue weighted by Crippen LogP contribution is -2.16. The third-order valence-electron chi connectivity index (χ3n) is 0.618. The van der Waals surface area contributed by atoms with Gasteiger partial charge in [0.1, 0.15) is 0 Å². The van der Waals surface area contributed by atoms with E-state index in [0.717, 1.165) is 0 Å². The minimum absolute atomic E-state index is 0.0509. The van der Waals surface area contributed by atoms with E-state index >= 15 is 0 Å². The molecule has 0 aromatic carbocycles. The molecule has 11 heavy (non-hydrogen) atoms. The van der Waals surface area contributed by atoms with Crippen molar-refractivity contribution in [1.82, 2.24) is 0 Å². The van der Waals surface area contributed by atoms with E-state index in [4.69, 9.17) is 22.3 Å². The van der Waals surface area contributed by atoms with Crippen molar-refractivity contribution in [2.24, 2.45) is 11.5 Å². The summed E-state index contributed by atoms with van der Waals surface area (Å²) in [6.07, 6.45) is 0.102. The molecule has 62 valence electrons. The fourth-order valence-corrected chi connectivity index (χ4v) is 0.246. The summed E-state index contributed by atoms with van der Waals surface area (Å²) >= 11 is 0. The molecule has 2 amide bonds. The lowest BCUT2D eigenvalue weighted by atomic mass is 10.3. The Hall–Kier alpha value is -1.68. The summed E-state index contributed by atoms with van der Waals surface area (Å²) < 4.78 is 0. The number of carbonyl (C=O) groups is 2. The first-order valence-corrected chi connectivity index (χ1v) is 2.69. The number of amides is 2. The van der Waals surface area contributed by atoms with Crippen LogP contribution in [0.1, 0.15) is 12.8 Å². The average Bonchev–Trinajstić information content (AvgIpc) is 1.85. The Balaban J connectivity index is 0. The molecule has 6 nitrogen and oxygen atoms in total. The molecular weight excluding hydrogens is 148 g/mol. The predicted octanol–water partition coefficient (Wildman–Crippen LogP) is -0.945. The molecule has 0 fully saturated rings. The second-order valence-electron chi connectivity index (χ2n) is 1.56. The fourth-order valence-electron chi connectivity index (χ4n) is 0.246. The second kappa shape index (κ2) is 8.32. The molecule has 0 rings (SSSR count). The van der Waals surface area contributed by atoms with Crippen molar-refractivity contribution in [3.63, 3.8) is 0 Å². The maximum Gasteiger partial charge on any atom is 0.217 e. The van der Waals surface area contributed by atoms with Crippen LogP contribution in [0.2, 0.25) is 0 Å². The van der Waals surface area contributed by atoms with E-state index in [9.17, 15) is 9.59 Å². The Bertz CT molecular complexity index is 157. The van der Waals surface area contributed by atoms with Gasteiger partial charge in [0.05, 0.1) is 6.01 Å². The molecule has 6 N–H and O–H groups in total. The van der Waals surface area contributed by atoms with Crippen molar-refractivity contribution < 1.29 is 9.59 Å². The van der Waals surface area contributed by atoms with Crippen molar-refractivity contribution in [3.8, 4) is 0 Å². The first-order chi connectivity index (χ1) is 5.04. The Morgan fingerprint density at radius 2 is 1.27 bits per heavy atom. The van der Waals surface area contributed by atoms with Crippen LogP contribution in [0.5, 0.6) is 0 Å². The molecule has 0 saturated carbocycles. The van der Waals surface area contributed by atoms with Gasteiger partial charge in [0.2, 0.25) is 11.8 Å². The van der Waals surface area contributed by atoms with Crippen LogP contribution in [0.3, 0.4) is 0 Å². The van der Waals surface area contributed by atoms with Crippen molar-refractivity contribution in [2.75, 3.05) is 0 Å². The van der Waals surface area contributed by atoms with Gasteiger partial charge in [-0.1, -0.05) is 0 Å². The topological polar surface area (TPSA) is 134 Å². The second-order valence-corrected chi connectivity index (χ2v) is 1.56. The number of hydrogen-bond acceptors (Lipinski definition) is 4. The van der Waals surface area contributed by atoms with Gasteiger partial charge in [-0.25, -0.2) is 10.8 Å². The normalized spacial score (nSPS) is 6.91. The van der Waals surface area contributed by atoms with Crippen LogP contribution in [-0.2, 0) is 9.59 Å². The van der Waals surface area contributed by atoms with E-state index in [1.807, 2.05) is 0 Å². The highest BCUT2D eigenvalue weighted by molar-refractivity contribution is 5.81. The summed E-state index contributed by atoms with van der Waals surface area (Å²) in [6, 6.07) is 1.25. The van der Waals surface area contributed by atoms with Gasteiger partial charge in [-0.2, -0.15) is 0 Å². The van der Waals surface area contributed by atoms with Crippen LogP contribution in [0, 0.1) is 10.8 Å². The van der Waals surface area contributed by atoms with Crippen molar-refractivity contribution >= 4 is 17.8 Å². The van der Waals surface area contributed by atoms with Gasteiger partial charge in [-0.15, -0.1) is 0 Å². The first-order valence-electron chi connectivity index (χ1n) is 2.69. The molecule has 0 heterocycles. The van der Waals surface area contributed by atoms with E-state index in [1.54, 1.807) is 0 Å². The third-order valence-corrected chi connectivity index (χ3v) is 0.618. The molecule has 0 aliphatic carbocycles. The highest BCUT2D eigenvalue weighted by Crippen LogP contribution is 1.82. The standard InChI is InChI=1S/C4H8N2O2.CH2N2/c5-3(7)1-2-4(6)8;2-1-3/h1-2H2,(H2,5,7)(H2,6,8);2-3H. The van der Waals surface area contributed by atoms with Crippen LogP contribution in [-0.4, -0.2) is 17.8 Å². The summed E-state index contributed by atoms with van der Waals surface area (Å²) in [5.41, 5.74) is 9.39. The van der Waals surface area contributed by atoms with Crippen molar-refractivity contribution in [1.29, 1.82) is 10.8 Å². The van der Waals surface area contributed by atoms with Crippen LogP contribution >= 0.6 is 0 Å². The van der Waals surface area contributed by atoms with E-state index in [2.05, 4.69) is 0 Å². The van der Waals surface area contributed by atoms with Crippen molar-refractivity contribution in [2.45, 2.75) is 12.8 Å². The zero-order valence-electron chi connectivity index (χ0n) is 5.89. The maximum absolute atomic E-state index is 9.92. The monoisotopic (exact) mass is 158 g/mol. The molecular formula is C5H10N4O2. The van der Waals surface area contributed by atoms with Gasteiger partial charge in [0.25, 0.3) is 0 Å². The minimum atomic E-state index is -0.496. The molecule has 0 radical (unpaired) electrons. The number of hydrogen-bond donors (Lipinski definition) is 4. The van der Waals surface area contributed by atoms with Crippen molar-refractivity contribution in [3.05, 3.63) is 0 Å². The zero-order valence-corrected chi connectivity index (χ0v) is 5.89. The third kappa shape index (κ3) is 30.1. The molecule has 0 aromatic rings. The number of rotatable bonds is 3. The molecule has 0 aliphatic heterocycles. The summed E-state index contributed by atoms with van der Waals surface area (Å²) in [4.78, 5) is 19.8. The fraction of sp³-hybridized carbons (Fsp3) is 0.400. The molecule has 6 heteroatoms. The zero-order chi connectivity index (χ0) is 9.28. The summed E-state index contributed by atoms with van der Waals surface area (Å²) in [5.74, 6) is -0.993. The SMILES string of the molecule is N=C=N.NC(=O)CCC(N)=O. The lowest BCUT2D eigenvalue weighted by Gasteiger charge is -1.87. The quantitative estimate of drug-likeness (QED) is 0.394. The van der Waals surface area contributed by atoms with Gasteiger partial charge in [0.15, 0.2) is 0 Å². The van der Waals surface area contributed by atoms with E-state index in [1.165, 1.54) is 6.01 Å². The molecule has 0 unspecified atom stereocenters. The van der Waals surface area contributed by atoms with E-state index in [0.29, 0.717) is 0 Å². The Labute approximate surface area is 63.6 Å². The highest BCUT2D eigenvalue weighted by Gasteiger charge is 1.96. The number of primary amides is 2. The van der Waals surface area contributed by atoms with Crippen LogP contribution in [0.4, 0.5) is 0 Å². The molecule has 0 spiro atoms. The summed E-state index contributed by atoms with van der Waals surface area (Å²) in [6.45, 7) is 0. The van der Waals surface area contributed by atoms with Crippen LogP contribution in [0.25, 0.3) is 0 Å². The van der Waals surface area contributed by atoms with Gasteiger partial charge in [-0.05, 0) is 0 Å². The number of carbonyl (C=O) groups excluding carboxylic acids is 2. The van der Waals surface area contributed by atoms with Gasteiger partial charge in [-0.3, -0.25) is 9.59 Å². The largest absolute Gasteiger partial charge is 0.370 e. The minimum Gasteiger partial charge on any atom is -0.370 e. The van der Waals surface area contributed by atoms with Crippen LogP contribution < -0.4 is 11.5 Å². The first kappa shape index (κ1) is 12.0. The molecule has 0 bridgehead atoms. The lowest BCUT2D eigenvalue weighted by molar-refractivity contribution is -0.123. The number of nitrogens with two attached hydrogens (primary N) is 2. The highest BCUT2D eigenvalue weighted by atomic mass is 16.2. The van der Waals surface area contributed by atoms with Gasteiger partial charge >= 0.3 is 0 Å². The van der Waals surface area contributed by atoms with E-state index < -0.39 is 11.8 Å². The number of nitrogens with one attached hydrogen (secondary N) is 2. The van der Waals surface area contributed by atoms with Gasteiger partial charge < -0.3 is 11.5 Å². The average molecular weight is 158 g/mol. The summed E-state index contributed by atoms with van der Waals surface area (Å²) in [5, 5.41) is 11.2. The molecule has 0 saturated heterocycles.